The average molecular weight is 325 g/mol. The molecule has 0 amide bonds. The summed E-state index contributed by atoms with van der Waals surface area (Å²) < 4.78 is 10.7. The largest absolute Gasteiger partial charge is 0.382 e. The smallest absolute Gasteiger partial charge is 0.193 e. The van der Waals surface area contributed by atoms with Gasteiger partial charge in [-0.1, -0.05) is 19.8 Å². The second-order valence-corrected chi connectivity index (χ2v) is 7.22. The van der Waals surface area contributed by atoms with Crippen molar-refractivity contribution in [3.05, 3.63) is 0 Å². The van der Waals surface area contributed by atoms with E-state index in [4.69, 9.17) is 9.47 Å². The van der Waals surface area contributed by atoms with E-state index in [0.29, 0.717) is 19.1 Å². The van der Waals surface area contributed by atoms with E-state index in [2.05, 4.69) is 22.1 Å². The molecule has 1 saturated carbocycles. The molecule has 0 spiro atoms. The first-order valence-corrected chi connectivity index (χ1v) is 9.25. The highest BCUT2D eigenvalue weighted by Gasteiger charge is 2.26. The van der Waals surface area contributed by atoms with Gasteiger partial charge in [0.2, 0.25) is 0 Å². The SMILES string of the molecule is CN=C(NCC1CCC(C)CC1)N1CCC(COCCOC)C1. The predicted molar refractivity (Wildman–Crippen MR) is 94.9 cm³/mol. The number of nitrogens with one attached hydrogen (secondary N) is 1. The Morgan fingerprint density at radius 2 is 1.91 bits per heavy atom. The minimum atomic E-state index is 0.612. The molecule has 1 saturated heterocycles. The molecule has 0 bridgehead atoms. The zero-order valence-electron chi connectivity index (χ0n) is 15.2. The van der Waals surface area contributed by atoms with Gasteiger partial charge in [0.1, 0.15) is 0 Å². The number of hydrogen-bond acceptors (Lipinski definition) is 3. The third-order valence-electron chi connectivity index (χ3n) is 5.27. The Morgan fingerprint density at radius 1 is 1.13 bits per heavy atom. The van der Waals surface area contributed by atoms with Crippen LogP contribution in [0.25, 0.3) is 0 Å². The van der Waals surface area contributed by atoms with Crippen LogP contribution in [0.4, 0.5) is 0 Å². The molecule has 1 aliphatic heterocycles. The van der Waals surface area contributed by atoms with Crippen LogP contribution in [0.2, 0.25) is 0 Å². The Labute approximate surface area is 141 Å². The summed E-state index contributed by atoms with van der Waals surface area (Å²) in [5, 5.41) is 3.61. The first-order valence-electron chi connectivity index (χ1n) is 9.25. The lowest BCUT2D eigenvalue weighted by atomic mass is 9.83. The van der Waals surface area contributed by atoms with Crippen LogP contribution in [0.5, 0.6) is 0 Å². The van der Waals surface area contributed by atoms with Crippen LogP contribution in [0.1, 0.15) is 39.0 Å². The van der Waals surface area contributed by atoms with Gasteiger partial charge in [0.25, 0.3) is 0 Å². The molecule has 2 fully saturated rings. The number of methoxy groups -OCH3 is 1. The lowest BCUT2D eigenvalue weighted by molar-refractivity contribution is 0.0536. The summed E-state index contributed by atoms with van der Waals surface area (Å²) in [5.74, 6) is 3.42. The van der Waals surface area contributed by atoms with Gasteiger partial charge in [-0.3, -0.25) is 4.99 Å². The molecule has 0 aromatic carbocycles. The molecular formula is C18H35N3O2. The Hall–Kier alpha value is -0.810. The lowest BCUT2D eigenvalue weighted by Crippen LogP contribution is -2.42. The number of guanidine groups is 1. The first kappa shape index (κ1) is 18.5. The van der Waals surface area contributed by atoms with Crippen LogP contribution in [-0.2, 0) is 9.47 Å². The van der Waals surface area contributed by atoms with Crippen molar-refractivity contribution in [2.45, 2.75) is 39.0 Å². The van der Waals surface area contributed by atoms with Crippen molar-refractivity contribution in [2.75, 3.05) is 53.6 Å². The van der Waals surface area contributed by atoms with Gasteiger partial charge in [-0.2, -0.15) is 0 Å². The van der Waals surface area contributed by atoms with Gasteiger partial charge < -0.3 is 19.7 Å². The molecule has 5 heteroatoms. The summed E-state index contributed by atoms with van der Waals surface area (Å²) in [6, 6.07) is 0. The zero-order chi connectivity index (χ0) is 16.5. The standard InChI is InChI=1S/C18H35N3O2/c1-15-4-6-16(7-5-15)12-20-18(19-2)21-9-8-17(13-21)14-23-11-10-22-3/h15-17H,4-14H2,1-3H3,(H,19,20). The molecule has 1 atom stereocenters. The molecule has 1 unspecified atom stereocenters. The molecular weight excluding hydrogens is 290 g/mol. The summed E-state index contributed by atoms with van der Waals surface area (Å²) in [7, 11) is 3.61. The molecule has 0 aromatic rings. The molecule has 0 radical (unpaired) electrons. The molecule has 134 valence electrons. The Kier molecular flexibility index (Phi) is 8.17. The van der Waals surface area contributed by atoms with Crippen LogP contribution in [-0.4, -0.2) is 64.5 Å². The minimum absolute atomic E-state index is 0.612. The Balaban J connectivity index is 1.66. The highest BCUT2D eigenvalue weighted by Crippen LogP contribution is 2.27. The second-order valence-electron chi connectivity index (χ2n) is 7.22. The van der Waals surface area contributed by atoms with Crippen LogP contribution >= 0.6 is 0 Å². The average Bonchev–Trinajstić information content (AvgIpc) is 3.03. The fourth-order valence-corrected chi connectivity index (χ4v) is 3.65. The molecule has 1 N–H and O–H groups in total. The minimum Gasteiger partial charge on any atom is -0.382 e. The van der Waals surface area contributed by atoms with Crippen molar-refractivity contribution >= 4 is 5.96 Å². The first-order chi connectivity index (χ1) is 11.2. The van der Waals surface area contributed by atoms with E-state index in [0.717, 1.165) is 44.0 Å². The number of hydrogen-bond donors (Lipinski definition) is 1. The molecule has 2 rings (SSSR count). The lowest BCUT2D eigenvalue weighted by Gasteiger charge is -2.28. The van der Waals surface area contributed by atoms with Crippen LogP contribution in [0.15, 0.2) is 4.99 Å². The van der Waals surface area contributed by atoms with Crippen LogP contribution < -0.4 is 5.32 Å². The number of likely N-dealkylation sites (tertiary alicyclic amines) is 1. The topological polar surface area (TPSA) is 46.1 Å². The molecule has 2 aliphatic rings. The third kappa shape index (κ3) is 6.30. The maximum Gasteiger partial charge on any atom is 0.193 e. The number of rotatable bonds is 7. The fourth-order valence-electron chi connectivity index (χ4n) is 3.65. The number of nitrogens with zero attached hydrogens (tertiary/aromatic N) is 2. The van der Waals surface area contributed by atoms with E-state index in [1.165, 1.54) is 32.1 Å². The Morgan fingerprint density at radius 3 is 2.61 bits per heavy atom. The fraction of sp³-hybridized carbons (Fsp3) is 0.944. The summed E-state index contributed by atoms with van der Waals surface area (Å²) in [4.78, 5) is 6.87. The van der Waals surface area contributed by atoms with Crippen molar-refractivity contribution in [3.63, 3.8) is 0 Å². The van der Waals surface area contributed by atoms with Gasteiger partial charge in [0.15, 0.2) is 5.96 Å². The highest BCUT2D eigenvalue weighted by molar-refractivity contribution is 5.80. The van der Waals surface area contributed by atoms with Crippen molar-refractivity contribution in [2.24, 2.45) is 22.7 Å². The zero-order valence-corrected chi connectivity index (χ0v) is 15.2. The van der Waals surface area contributed by atoms with Crippen LogP contribution in [0.3, 0.4) is 0 Å². The maximum absolute atomic E-state index is 5.67. The summed E-state index contributed by atoms with van der Waals surface area (Å²) >= 11 is 0. The van der Waals surface area contributed by atoms with E-state index in [1.54, 1.807) is 7.11 Å². The number of ether oxygens (including phenoxy) is 2. The van der Waals surface area contributed by atoms with Gasteiger partial charge in [0.05, 0.1) is 19.8 Å². The molecule has 1 heterocycles. The molecule has 1 aliphatic carbocycles. The van der Waals surface area contributed by atoms with Gasteiger partial charge in [0, 0.05) is 39.7 Å². The molecule has 5 nitrogen and oxygen atoms in total. The predicted octanol–water partition coefficient (Wildman–Crippen LogP) is 2.37. The maximum atomic E-state index is 5.67. The Bertz CT molecular complexity index is 354. The van der Waals surface area contributed by atoms with Crippen LogP contribution in [0, 0.1) is 17.8 Å². The van der Waals surface area contributed by atoms with Gasteiger partial charge in [-0.15, -0.1) is 0 Å². The summed E-state index contributed by atoms with van der Waals surface area (Å²) in [6.07, 6.45) is 6.68. The van der Waals surface area contributed by atoms with E-state index in [1.807, 2.05) is 7.05 Å². The summed E-state index contributed by atoms with van der Waals surface area (Å²) in [6.45, 7) is 7.79. The van der Waals surface area contributed by atoms with Crippen molar-refractivity contribution < 1.29 is 9.47 Å². The van der Waals surface area contributed by atoms with Gasteiger partial charge in [-0.05, 0) is 31.1 Å². The third-order valence-corrected chi connectivity index (χ3v) is 5.27. The second kappa shape index (κ2) is 10.1. The normalized spacial score (nSPS) is 29.1. The van der Waals surface area contributed by atoms with Crippen molar-refractivity contribution in [1.82, 2.24) is 10.2 Å². The van der Waals surface area contributed by atoms with Crippen molar-refractivity contribution in [1.29, 1.82) is 0 Å². The van der Waals surface area contributed by atoms with E-state index >= 15 is 0 Å². The van der Waals surface area contributed by atoms with Gasteiger partial charge in [-0.25, -0.2) is 0 Å². The van der Waals surface area contributed by atoms with Crippen molar-refractivity contribution in [3.8, 4) is 0 Å². The monoisotopic (exact) mass is 325 g/mol. The molecule has 23 heavy (non-hydrogen) atoms. The van der Waals surface area contributed by atoms with E-state index in [9.17, 15) is 0 Å². The number of aliphatic imine (C=N–C) groups is 1. The molecule has 0 aromatic heterocycles. The quantitative estimate of drug-likeness (QED) is 0.443. The highest BCUT2D eigenvalue weighted by atomic mass is 16.5. The van der Waals surface area contributed by atoms with E-state index in [-0.39, 0.29) is 0 Å². The van der Waals surface area contributed by atoms with E-state index < -0.39 is 0 Å². The summed E-state index contributed by atoms with van der Waals surface area (Å²) in [5.41, 5.74) is 0. The van der Waals surface area contributed by atoms with Gasteiger partial charge >= 0.3 is 0 Å².